The smallest absolute Gasteiger partial charge is 0.273 e. The van der Waals surface area contributed by atoms with Crippen LogP contribution in [0.1, 0.15) is 42.8 Å². The van der Waals surface area contributed by atoms with Crippen molar-refractivity contribution in [3.63, 3.8) is 0 Å². The van der Waals surface area contributed by atoms with E-state index in [1.54, 1.807) is 36.1 Å². The van der Waals surface area contributed by atoms with E-state index in [1.165, 1.54) is 30.8 Å². The molecule has 0 aliphatic carbocycles. The van der Waals surface area contributed by atoms with Gasteiger partial charge >= 0.3 is 0 Å². The molecule has 0 aromatic carbocycles. The number of hydrogen-bond donors (Lipinski definition) is 1. The Kier molecular flexibility index (Phi) is 6.80. The molecule has 37 heavy (non-hydrogen) atoms. The van der Waals surface area contributed by atoms with Crippen molar-refractivity contribution in [1.29, 1.82) is 0 Å². The van der Waals surface area contributed by atoms with E-state index in [1.807, 2.05) is 6.92 Å². The summed E-state index contributed by atoms with van der Waals surface area (Å²) in [5.74, 6) is -0.121. The molecule has 4 aromatic rings. The Morgan fingerprint density at radius 1 is 1.00 bits per heavy atom. The van der Waals surface area contributed by atoms with Gasteiger partial charge in [-0.3, -0.25) is 19.9 Å². The van der Waals surface area contributed by atoms with E-state index >= 15 is 0 Å². The molecule has 188 valence electrons. The molecule has 0 unspecified atom stereocenters. The molecular formula is C25H20Cl2N6O3S. The molecular weight excluding hydrogens is 535 g/mol. The zero-order chi connectivity index (χ0) is 26.3. The molecule has 0 saturated heterocycles. The molecule has 2 amide bonds. The van der Waals surface area contributed by atoms with Crippen LogP contribution in [0.4, 0.5) is 5.13 Å². The summed E-state index contributed by atoms with van der Waals surface area (Å²) in [5, 5.41) is 4.04. The molecule has 0 atom stereocenters. The Hall–Kier alpha value is -3.60. The van der Waals surface area contributed by atoms with Crippen LogP contribution in [0.25, 0.3) is 11.1 Å². The molecule has 9 nitrogen and oxygen atoms in total. The number of carbonyl (C=O) groups is 2. The maximum atomic E-state index is 13.3. The molecule has 4 aromatic heterocycles. The van der Waals surface area contributed by atoms with Gasteiger partial charge in [0.05, 0.1) is 42.5 Å². The first-order chi connectivity index (χ1) is 17.7. The van der Waals surface area contributed by atoms with Gasteiger partial charge in [0.1, 0.15) is 16.6 Å². The maximum absolute atomic E-state index is 13.3. The van der Waals surface area contributed by atoms with Crippen LogP contribution in [-0.4, -0.2) is 43.8 Å². The normalized spacial score (nSPS) is 12.4. The van der Waals surface area contributed by atoms with Crippen molar-refractivity contribution in [2.75, 3.05) is 12.4 Å². The number of hydrogen-bond acceptors (Lipinski definition) is 8. The fourth-order valence-corrected chi connectivity index (χ4v) is 5.45. The topological polar surface area (TPSA) is 110 Å². The van der Waals surface area contributed by atoms with Gasteiger partial charge in [-0.05, 0) is 38.1 Å². The van der Waals surface area contributed by atoms with Crippen molar-refractivity contribution in [3.05, 3.63) is 80.1 Å². The van der Waals surface area contributed by atoms with Crippen LogP contribution in [-0.2, 0) is 13.1 Å². The third-order valence-corrected chi connectivity index (χ3v) is 7.15. The second-order valence-electron chi connectivity index (χ2n) is 8.39. The number of aromatic nitrogens is 4. The molecule has 5 rings (SSSR count). The fourth-order valence-electron chi connectivity index (χ4n) is 4.05. The highest BCUT2D eigenvalue weighted by atomic mass is 35.5. The molecule has 1 aliphatic heterocycles. The van der Waals surface area contributed by atoms with Crippen molar-refractivity contribution in [3.8, 4) is 16.9 Å². The minimum atomic E-state index is -0.378. The number of nitrogens with one attached hydrogen (secondary N) is 1. The number of nitrogens with zero attached hydrogens (tertiary/aromatic N) is 5. The second-order valence-corrected chi connectivity index (χ2v) is 10.3. The molecule has 0 fully saturated rings. The number of methoxy groups -OCH3 is 1. The SMILES string of the molecule is COc1cnc(Cl)cc1-c1cc(C)ncc1C(=O)Nc1nc2c(s1)CN(C(=O)c1cc(Cl)cc(C)n1)C2. The van der Waals surface area contributed by atoms with Gasteiger partial charge in [-0.2, -0.15) is 0 Å². The summed E-state index contributed by atoms with van der Waals surface area (Å²) in [6, 6.07) is 6.69. The zero-order valence-corrected chi connectivity index (χ0v) is 22.3. The van der Waals surface area contributed by atoms with Crippen LogP contribution >= 0.6 is 34.5 Å². The van der Waals surface area contributed by atoms with Gasteiger partial charge in [-0.1, -0.05) is 34.5 Å². The highest BCUT2D eigenvalue weighted by Gasteiger charge is 2.29. The molecule has 0 bridgehead atoms. The molecule has 0 saturated carbocycles. The first-order valence-electron chi connectivity index (χ1n) is 11.1. The largest absolute Gasteiger partial charge is 0.494 e. The molecule has 12 heteroatoms. The first kappa shape index (κ1) is 25.1. The average molecular weight is 555 g/mol. The second kappa shape index (κ2) is 10.0. The standard InChI is InChI=1S/C25H20Cl2N6O3S/c1-12-5-15(16-7-22(27)29-9-20(16)36-3)17(8-28-12)23(34)32-25-31-19-10-33(11-21(19)37-25)24(35)18-6-14(26)4-13(2)30-18/h4-9H,10-11H2,1-3H3,(H,31,32,34). The fraction of sp³-hybridized carbons (Fsp3) is 0.200. The lowest BCUT2D eigenvalue weighted by molar-refractivity contribution is 0.0744. The van der Waals surface area contributed by atoms with E-state index in [0.717, 1.165) is 16.3 Å². The van der Waals surface area contributed by atoms with E-state index < -0.39 is 0 Å². The van der Waals surface area contributed by atoms with Crippen molar-refractivity contribution in [2.45, 2.75) is 26.9 Å². The summed E-state index contributed by atoms with van der Waals surface area (Å²) in [6.45, 7) is 4.31. The molecule has 5 heterocycles. The molecule has 1 aliphatic rings. The number of pyridine rings is 3. The number of fused-ring (bicyclic) bond motifs is 1. The Balaban J connectivity index is 1.36. The maximum Gasteiger partial charge on any atom is 0.273 e. The quantitative estimate of drug-likeness (QED) is 0.331. The molecule has 0 radical (unpaired) electrons. The predicted octanol–water partition coefficient (Wildman–Crippen LogP) is 5.34. The van der Waals surface area contributed by atoms with E-state index in [2.05, 4.69) is 25.3 Å². The van der Waals surface area contributed by atoms with Crippen LogP contribution in [0.3, 0.4) is 0 Å². The lowest BCUT2D eigenvalue weighted by atomic mass is 10.0. The van der Waals surface area contributed by atoms with Gasteiger partial charge in [0, 0.05) is 33.7 Å². The molecule has 0 spiro atoms. The third-order valence-electron chi connectivity index (χ3n) is 5.73. The van der Waals surface area contributed by atoms with E-state index in [9.17, 15) is 9.59 Å². The van der Waals surface area contributed by atoms with E-state index in [-0.39, 0.29) is 17.0 Å². The number of anilines is 1. The number of aryl methyl sites for hydroxylation is 2. The summed E-state index contributed by atoms with van der Waals surface area (Å²) in [4.78, 5) is 46.0. The van der Waals surface area contributed by atoms with Gasteiger partial charge in [-0.15, -0.1) is 0 Å². The average Bonchev–Trinajstić information content (AvgIpc) is 3.41. The monoisotopic (exact) mass is 554 g/mol. The van der Waals surface area contributed by atoms with Crippen LogP contribution in [0.15, 0.2) is 36.7 Å². The van der Waals surface area contributed by atoms with Crippen LogP contribution in [0.5, 0.6) is 5.75 Å². The number of rotatable bonds is 5. The van der Waals surface area contributed by atoms with E-state index in [0.29, 0.717) is 57.1 Å². The summed E-state index contributed by atoms with van der Waals surface area (Å²) >= 11 is 13.5. The lowest BCUT2D eigenvalue weighted by Gasteiger charge is -2.15. The number of amides is 2. The summed E-state index contributed by atoms with van der Waals surface area (Å²) in [7, 11) is 1.52. The zero-order valence-electron chi connectivity index (χ0n) is 20.0. The number of halogens is 2. The number of carbonyl (C=O) groups excluding carboxylic acids is 2. The van der Waals surface area contributed by atoms with Crippen LogP contribution < -0.4 is 10.1 Å². The van der Waals surface area contributed by atoms with Gasteiger partial charge < -0.3 is 9.64 Å². The predicted molar refractivity (Wildman–Crippen MR) is 141 cm³/mol. The summed E-state index contributed by atoms with van der Waals surface area (Å²) in [5.41, 5.74) is 3.99. The van der Waals surface area contributed by atoms with Crippen molar-refractivity contribution < 1.29 is 14.3 Å². The minimum absolute atomic E-state index is 0.221. The van der Waals surface area contributed by atoms with Crippen LogP contribution in [0, 0.1) is 13.8 Å². The summed E-state index contributed by atoms with van der Waals surface area (Å²) < 4.78 is 5.44. The van der Waals surface area contributed by atoms with Gasteiger partial charge in [0.15, 0.2) is 5.13 Å². The number of thiazole rings is 1. The minimum Gasteiger partial charge on any atom is -0.494 e. The van der Waals surface area contributed by atoms with E-state index in [4.69, 9.17) is 27.9 Å². The first-order valence-corrected chi connectivity index (χ1v) is 12.7. The third kappa shape index (κ3) is 5.13. The van der Waals surface area contributed by atoms with Crippen molar-refractivity contribution in [1.82, 2.24) is 24.8 Å². The summed E-state index contributed by atoms with van der Waals surface area (Å²) in [6.07, 6.45) is 3.02. The Morgan fingerprint density at radius 2 is 1.81 bits per heavy atom. The van der Waals surface area contributed by atoms with Crippen molar-refractivity contribution >= 4 is 51.5 Å². The highest BCUT2D eigenvalue weighted by Crippen LogP contribution is 2.35. The van der Waals surface area contributed by atoms with Gasteiger partial charge in [0.25, 0.3) is 11.8 Å². The van der Waals surface area contributed by atoms with Crippen LogP contribution in [0.2, 0.25) is 10.2 Å². The van der Waals surface area contributed by atoms with Crippen molar-refractivity contribution in [2.24, 2.45) is 0 Å². The Bertz CT molecular complexity index is 1510. The highest BCUT2D eigenvalue weighted by molar-refractivity contribution is 7.16. The lowest BCUT2D eigenvalue weighted by Crippen LogP contribution is -2.26. The Labute approximate surface area is 226 Å². The number of ether oxygens (including phenoxy) is 1. The van der Waals surface area contributed by atoms with Gasteiger partial charge in [-0.25, -0.2) is 15.0 Å². The Morgan fingerprint density at radius 3 is 2.54 bits per heavy atom. The van der Waals surface area contributed by atoms with Gasteiger partial charge in [0.2, 0.25) is 0 Å². The molecule has 1 N–H and O–H groups in total.